The Balaban J connectivity index is 1.97. The molecule has 5 nitrogen and oxygen atoms in total. The van der Waals surface area contributed by atoms with Crippen LogP contribution in [-0.2, 0) is 6.54 Å². The molecule has 0 fully saturated rings. The van der Waals surface area contributed by atoms with Crippen LogP contribution >= 0.6 is 11.3 Å². The summed E-state index contributed by atoms with van der Waals surface area (Å²) in [4.78, 5) is 21.5. The quantitative estimate of drug-likeness (QED) is 0.878. The molecule has 0 saturated heterocycles. The summed E-state index contributed by atoms with van der Waals surface area (Å²) in [6.07, 6.45) is 1.80. The molecule has 0 bridgehead atoms. The standard InChI is InChI=1S/C13H16N4OS/c1-3-14-11-6-4-5-10(17-11)13(18)16-8-12-15-7-9(2)19-12/h4-7H,3,8H2,1-2H3,(H,14,17)(H,16,18). The van der Waals surface area contributed by atoms with E-state index in [0.29, 0.717) is 18.1 Å². The zero-order valence-electron chi connectivity index (χ0n) is 10.9. The number of nitrogens with zero attached hydrogens (tertiary/aromatic N) is 2. The number of carbonyl (C=O) groups is 1. The van der Waals surface area contributed by atoms with Crippen LogP contribution in [-0.4, -0.2) is 22.4 Å². The van der Waals surface area contributed by atoms with Gasteiger partial charge in [-0.3, -0.25) is 4.79 Å². The number of hydrogen-bond donors (Lipinski definition) is 2. The van der Waals surface area contributed by atoms with Crippen molar-refractivity contribution in [3.05, 3.63) is 40.0 Å². The van der Waals surface area contributed by atoms with E-state index in [1.807, 2.05) is 26.0 Å². The molecule has 0 aliphatic heterocycles. The molecule has 2 aromatic heterocycles. The molecule has 0 aliphatic rings. The van der Waals surface area contributed by atoms with Crippen LogP contribution in [0.4, 0.5) is 5.82 Å². The molecular weight excluding hydrogens is 260 g/mol. The largest absolute Gasteiger partial charge is 0.370 e. The molecule has 100 valence electrons. The maximum Gasteiger partial charge on any atom is 0.270 e. The van der Waals surface area contributed by atoms with Crippen LogP contribution < -0.4 is 10.6 Å². The summed E-state index contributed by atoms with van der Waals surface area (Å²) in [6.45, 7) is 5.19. The number of carbonyl (C=O) groups excluding carboxylic acids is 1. The van der Waals surface area contributed by atoms with Crippen molar-refractivity contribution in [3.8, 4) is 0 Å². The summed E-state index contributed by atoms with van der Waals surface area (Å²) in [7, 11) is 0. The average molecular weight is 276 g/mol. The van der Waals surface area contributed by atoms with E-state index >= 15 is 0 Å². The Kier molecular flexibility index (Phi) is 4.46. The lowest BCUT2D eigenvalue weighted by atomic mass is 10.3. The van der Waals surface area contributed by atoms with E-state index in [0.717, 1.165) is 16.4 Å². The SMILES string of the molecule is CCNc1cccc(C(=O)NCc2ncc(C)s2)n1. The van der Waals surface area contributed by atoms with E-state index in [1.165, 1.54) is 0 Å². The maximum atomic E-state index is 12.0. The van der Waals surface area contributed by atoms with E-state index in [-0.39, 0.29) is 5.91 Å². The first kappa shape index (κ1) is 13.5. The smallest absolute Gasteiger partial charge is 0.270 e. The lowest BCUT2D eigenvalue weighted by Gasteiger charge is -2.05. The number of aryl methyl sites for hydroxylation is 1. The first-order valence-corrected chi connectivity index (χ1v) is 6.91. The third-order valence-corrected chi connectivity index (χ3v) is 3.32. The minimum absolute atomic E-state index is 0.187. The Hall–Kier alpha value is -1.95. The molecule has 0 aliphatic carbocycles. The van der Waals surface area contributed by atoms with Gasteiger partial charge >= 0.3 is 0 Å². The first-order valence-electron chi connectivity index (χ1n) is 6.09. The van der Waals surface area contributed by atoms with Crippen molar-refractivity contribution in [2.45, 2.75) is 20.4 Å². The highest BCUT2D eigenvalue weighted by atomic mass is 32.1. The predicted octanol–water partition coefficient (Wildman–Crippen LogP) is 2.21. The van der Waals surface area contributed by atoms with Gasteiger partial charge in [0.2, 0.25) is 0 Å². The van der Waals surface area contributed by atoms with Gasteiger partial charge < -0.3 is 10.6 Å². The van der Waals surface area contributed by atoms with Crippen molar-refractivity contribution < 1.29 is 4.79 Å². The Morgan fingerprint density at radius 2 is 2.26 bits per heavy atom. The third-order valence-electron chi connectivity index (χ3n) is 2.41. The molecule has 2 N–H and O–H groups in total. The Labute approximate surface area is 116 Å². The van der Waals surface area contributed by atoms with Crippen molar-refractivity contribution in [3.63, 3.8) is 0 Å². The summed E-state index contributed by atoms with van der Waals surface area (Å²) < 4.78 is 0. The topological polar surface area (TPSA) is 66.9 Å². The van der Waals surface area contributed by atoms with Crippen molar-refractivity contribution in [1.29, 1.82) is 0 Å². The highest BCUT2D eigenvalue weighted by molar-refractivity contribution is 7.11. The number of anilines is 1. The number of aromatic nitrogens is 2. The monoisotopic (exact) mass is 276 g/mol. The summed E-state index contributed by atoms with van der Waals surface area (Å²) in [5.41, 5.74) is 0.409. The number of amides is 1. The summed E-state index contributed by atoms with van der Waals surface area (Å²) in [6, 6.07) is 5.35. The molecule has 0 aromatic carbocycles. The summed E-state index contributed by atoms with van der Waals surface area (Å²) in [5, 5.41) is 6.79. The van der Waals surface area contributed by atoms with Crippen molar-refractivity contribution in [2.24, 2.45) is 0 Å². The fraction of sp³-hybridized carbons (Fsp3) is 0.308. The van der Waals surface area contributed by atoms with Crippen LogP contribution in [0.5, 0.6) is 0 Å². The van der Waals surface area contributed by atoms with Gasteiger partial charge in [-0.05, 0) is 26.0 Å². The van der Waals surface area contributed by atoms with Crippen molar-refractivity contribution >= 4 is 23.1 Å². The normalized spacial score (nSPS) is 10.2. The molecule has 19 heavy (non-hydrogen) atoms. The Morgan fingerprint density at radius 3 is 2.95 bits per heavy atom. The molecule has 0 atom stereocenters. The summed E-state index contributed by atoms with van der Waals surface area (Å²) in [5.74, 6) is 0.521. The molecule has 0 unspecified atom stereocenters. The molecule has 2 aromatic rings. The zero-order chi connectivity index (χ0) is 13.7. The molecule has 1 amide bonds. The number of nitrogens with one attached hydrogen (secondary N) is 2. The number of hydrogen-bond acceptors (Lipinski definition) is 5. The van der Waals surface area contributed by atoms with Crippen molar-refractivity contribution in [2.75, 3.05) is 11.9 Å². The molecule has 2 heterocycles. The first-order chi connectivity index (χ1) is 9.19. The molecule has 0 saturated carbocycles. The second kappa shape index (κ2) is 6.29. The van der Waals surface area contributed by atoms with E-state index in [1.54, 1.807) is 23.6 Å². The van der Waals surface area contributed by atoms with Gasteiger partial charge in [0, 0.05) is 17.6 Å². The third kappa shape index (κ3) is 3.75. The minimum Gasteiger partial charge on any atom is -0.370 e. The van der Waals surface area contributed by atoms with Crippen LogP contribution in [0, 0.1) is 6.92 Å². The fourth-order valence-corrected chi connectivity index (χ4v) is 2.30. The fourth-order valence-electron chi connectivity index (χ4n) is 1.57. The average Bonchev–Trinajstić information content (AvgIpc) is 2.82. The minimum atomic E-state index is -0.187. The number of thiazole rings is 1. The van der Waals surface area contributed by atoms with Crippen LogP contribution in [0.1, 0.15) is 27.3 Å². The number of rotatable bonds is 5. The van der Waals surface area contributed by atoms with Gasteiger partial charge in [0.1, 0.15) is 16.5 Å². The lowest BCUT2D eigenvalue weighted by Crippen LogP contribution is -2.24. The van der Waals surface area contributed by atoms with Gasteiger partial charge in [0.15, 0.2) is 0 Å². The van der Waals surface area contributed by atoms with E-state index in [2.05, 4.69) is 20.6 Å². The zero-order valence-corrected chi connectivity index (χ0v) is 11.8. The van der Waals surface area contributed by atoms with Gasteiger partial charge in [-0.2, -0.15) is 0 Å². The molecule has 0 radical (unpaired) electrons. The van der Waals surface area contributed by atoms with Gasteiger partial charge in [-0.1, -0.05) is 6.07 Å². The molecular formula is C13H16N4OS. The van der Waals surface area contributed by atoms with E-state index in [9.17, 15) is 4.79 Å². The maximum absolute atomic E-state index is 12.0. The highest BCUT2D eigenvalue weighted by Gasteiger charge is 2.08. The van der Waals surface area contributed by atoms with Crippen LogP contribution in [0.2, 0.25) is 0 Å². The molecule has 0 spiro atoms. The number of pyridine rings is 1. The molecule has 2 rings (SSSR count). The van der Waals surface area contributed by atoms with Crippen molar-refractivity contribution in [1.82, 2.24) is 15.3 Å². The second-order valence-corrected chi connectivity index (χ2v) is 5.31. The van der Waals surface area contributed by atoms with Gasteiger partial charge in [-0.25, -0.2) is 9.97 Å². The van der Waals surface area contributed by atoms with Crippen LogP contribution in [0.15, 0.2) is 24.4 Å². The van der Waals surface area contributed by atoms with Crippen LogP contribution in [0.25, 0.3) is 0 Å². The highest BCUT2D eigenvalue weighted by Crippen LogP contribution is 2.11. The lowest BCUT2D eigenvalue weighted by molar-refractivity contribution is 0.0946. The summed E-state index contributed by atoms with van der Waals surface area (Å²) >= 11 is 1.58. The molecule has 6 heteroatoms. The van der Waals surface area contributed by atoms with Gasteiger partial charge in [-0.15, -0.1) is 11.3 Å². The second-order valence-electron chi connectivity index (χ2n) is 3.99. The predicted molar refractivity (Wildman–Crippen MR) is 76.4 cm³/mol. The van der Waals surface area contributed by atoms with Gasteiger partial charge in [0.25, 0.3) is 5.91 Å². The van der Waals surface area contributed by atoms with E-state index < -0.39 is 0 Å². The van der Waals surface area contributed by atoms with E-state index in [4.69, 9.17) is 0 Å². The van der Waals surface area contributed by atoms with Gasteiger partial charge in [0.05, 0.1) is 6.54 Å². The van der Waals surface area contributed by atoms with Crippen LogP contribution in [0.3, 0.4) is 0 Å². The Morgan fingerprint density at radius 1 is 1.42 bits per heavy atom. The Bertz CT molecular complexity index is 567.